The summed E-state index contributed by atoms with van der Waals surface area (Å²) in [6.45, 7) is 28.8. The highest BCUT2D eigenvalue weighted by Gasteiger charge is 2.46. The summed E-state index contributed by atoms with van der Waals surface area (Å²) in [5, 5.41) is 3.04. The van der Waals surface area contributed by atoms with Crippen molar-refractivity contribution in [2.24, 2.45) is 0 Å². The fraction of sp³-hybridized carbons (Fsp3) is 0.319. The van der Waals surface area contributed by atoms with Gasteiger partial charge < -0.3 is 4.74 Å². The molecule has 0 saturated heterocycles. The first-order valence-electron chi connectivity index (χ1n) is 18.6. The minimum absolute atomic E-state index is 0.174. The molecule has 5 aromatic carbocycles. The molecule has 0 N–H and O–H groups in total. The van der Waals surface area contributed by atoms with Gasteiger partial charge in [-0.2, -0.15) is 0 Å². The molecule has 0 aromatic heterocycles. The van der Waals surface area contributed by atoms with Crippen molar-refractivity contribution in [3.05, 3.63) is 138 Å². The van der Waals surface area contributed by atoms with Crippen molar-refractivity contribution in [1.29, 1.82) is 0 Å². The van der Waals surface area contributed by atoms with Gasteiger partial charge in [0.05, 0.1) is 16.1 Å². The van der Waals surface area contributed by atoms with Gasteiger partial charge in [-0.05, 0) is 90.8 Å². The molecule has 0 unspecified atom stereocenters. The van der Waals surface area contributed by atoms with Crippen LogP contribution in [-0.4, -0.2) is 22.8 Å². The van der Waals surface area contributed by atoms with Crippen LogP contribution in [0.25, 0.3) is 33.4 Å². The summed E-state index contributed by atoms with van der Waals surface area (Å²) in [6.07, 6.45) is 4.00. The summed E-state index contributed by atoms with van der Waals surface area (Å²) in [5.41, 5.74) is 15.1. The Morgan fingerprint density at radius 1 is 0.640 bits per heavy atom. The SMILES string of the molecule is C=CCOc1c([Si](C)(C)C2c3cc(-c4ccc(CC)cc4)ccc3-c3ccc(-c4ccc(CC)cc4)cc32)cc(C)cc1[Si](C)(C)C(C)(C)C. The molecule has 0 bridgehead atoms. The van der Waals surface area contributed by atoms with Crippen LogP contribution < -0.4 is 15.1 Å². The Balaban J connectivity index is 1.60. The summed E-state index contributed by atoms with van der Waals surface area (Å²) in [6, 6.07) is 37.7. The van der Waals surface area contributed by atoms with E-state index in [9.17, 15) is 0 Å². The van der Waals surface area contributed by atoms with Gasteiger partial charge >= 0.3 is 0 Å². The molecule has 0 radical (unpaired) electrons. The topological polar surface area (TPSA) is 9.23 Å². The van der Waals surface area contributed by atoms with Crippen molar-refractivity contribution in [1.82, 2.24) is 0 Å². The Bertz CT molecular complexity index is 1930. The van der Waals surface area contributed by atoms with Crippen molar-refractivity contribution >= 4 is 26.5 Å². The van der Waals surface area contributed by atoms with Crippen LogP contribution in [0.3, 0.4) is 0 Å². The zero-order valence-electron chi connectivity index (χ0n) is 32.1. The smallest absolute Gasteiger partial charge is 0.118 e. The van der Waals surface area contributed by atoms with Gasteiger partial charge in [0.2, 0.25) is 0 Å². The fourth-order valence-electron chi connectivity index (χ4n) is 7.84. The lowest BCUT2D eigenvalue weighted by molar-refractivity contribution is 0.368. The number of ether oxygens (including phenoxy) is 1. The lowest BCUT2D eigenvalue weighted by atomic mass is 9.97. The molecule has 6 rings (SSSR count). The monoisotopic (exact) mass is 692 g/mol. The number of hydrogen-bond acceptors (Lipinski definition) is 1. The maximum Gasteiger partial charge on any atom is 0.118 e. The molecule has 1 aliphatic rings. The molecule has 0 heterocycles. The number of fused-ring (bicyclic) bond motifs is 3. The summed E-state index contributed by atoms with van der Waals surface area (Å²) < 4.78 is 6.86. The third-order valence-corrected chi connectivity index (χ3v) is 21.2. The maximum absolute atomic E-state index is 6.86. The van der Waals surface area contributed by atoms with Gasteiger partial charge in [0.25, 0.3) is 0 Å². The first-order chi connectivity index (χ1) is 23.7. The molecule has 0 fully saturated rings. The van der Waals surface area contributed by atoms with Gasteiger partial charge in [-0.3, -0.25) is 0 Å². The number of aryl methyl sites for hydroxylation is 3. The van der Waals surface area contributed by atoms with Crippen molar-refractivity contribution in [2.75, 3.05) is 6.61 Å². The largest absolute Gasteiger partial charge is 0.490 e. The van der Waals surface area contributed by atoms with Crippen molar-refractivity contribution < 1.29 is 4.74 Å². The molecule has 0 aliphatic heterocycles. The standard InChI is InChI=1S/C47H56OSi2/c1-12-27-48-45-43(28-32(4)29-44(45)50(10,11)47(5,6)7)49(8,9)46-41-30-37(35-19-15-33(13-2)16-20-35)23-25-39(41)40-26-24-38(31-42(40)46)36-21-17-34(14-3)18-22-36/h12,15-26,28-31,46H,1,13-14,27H2,2-11H3. The first kappa shape index (κ1) is 35.9. The summed E-state index contributed by atoms with van der Waals surface area (Å²) in [7, 11) is -4.32. The average molecular weight is 693 g/mol. The van der Waals surface area contributed by atoms with E-state index < -0.39 is 16.1 Å². The maximum atomic E-state index is 6.86. The van der Waals surface area contributed by atoms with E-state index in [0.717, 1.165) is 18.6 Å². The molecule has 3 heteroatoms. The summed E-state index contributed by atoms with van der Waals surface area (Å²) >= 11 is 0. The van der Waals surface area contributed by atoms with Crippen LogP contribution >= 0.6 is 0 Å². The number of rotatable bonds is 10. The third kappa shape index (κ3) is 6.40. The molecule has 0 atom stereocenters. The van der Waals surface area contributed by atoms with E-state index in [1.807, 2.05) is 6.08 Å². The van der Waals surface area contributed by atoms with E-state index in [2.05, 4.69) is 171 Å². The Kier molecular flexibility index (Phi) is 9.80. The van der Waals surface area contributed by atoms with Crippen LogP contribution in [0.4, 0.5) is 0 Å². The van der Waals surface area contributed by atoms with Crippen LogP contribution in [0.15, 0.2) is 110 Å². The average Bonchev–Trinajstić information content (AvgIpc) is 3.44. The normalized spacial score (nSPS) is 13.2. The highest BCUT2D eigenvalue weighted by molar-refractivity contribution is 6.95. The number of hydrogen-bond donors (Lipinski definition) is 0. The van der Waals surface area contributed by atoms with Crippen LogP contribution in [0.5, 0.6) is 5.75 Å². The first-order valence-corrected chi connectivity index (χ1v) is 24.6. The number of benzene rings is 5. The van der Waals surface area contributed by atoms with Gasteiger partial charge in [0, 0.05) is 5.54 Å². The quantitative estimate of drug-likeness (QED) is 0.105. The minimum Gasteiger partial charge on any atom is -0.490 e. The van der Waals surface area contributed by atoms with E-state index in [1.54, 1.807) is 0 Å². The van der Waals surface area contributed by atoms with Crippen molar-refractivity contribution in [3.63, 3.8) is 0 Å². The predicted molar refractivity (Wildman–Crippen MR) is 224 cm³/mol. The van der Waals surface area contributed by atoms with Gasteiger partial charge in [0.1, 0.15) is 12.4 Å². The summed E-state index contributed by atoms with van der Waals surface area (Å²) in [5.74, 6) is 1.13. The van der Waals surface area contributed by atoms with Crippen LogP contribution in [0.1, 0.15) is 68.0 Å². The Morgan fingerprint density at radius 3 is 1.50 bits per heavy atom. The van der Waals surface area contributed by atoms with Gasteiger partial charge in [-0.15, -0.1) is 0 Å². The van der Waals surface area contributed by atoms with Crippen LogP contribution in [-0.2, 0) is 12.8 Å². The molecule has 0 amide bonds. The lowest BCUT2D eigenvalue weighted by Crippen LogP contribution is -2.55. The van der Waals surface area contributed by atoms with Crippen molar-refractivity contribution in [2.45, 2.75) is 91.2 Å². The second kappa shape index (κ2) is 13.7. The van der Waals surface area contributed by atoms with E-state index in [0.29, 0.717) is 6.61 Å². The molecule has 258 valence electrons. The Morgan fingerprint density at radius 2 is 1.08 bits per heavy atom. The van der Waals surface area contributed by atoms with Crippen LogP contribution in [0, 0.1) is 6.92 Å². The molecular formula is C47H56OSi2. The Labute approximate surface area is 304 Å². The molecule has 0 saturated carbocycles. The minimum atomic E-state index is -2.36. The molecule has 5 aromatic rings. The van der Waals surface area contributed by atoms with Gasteiger partial charge in [-0.1, -0.05) is 176 Å². The van der Waals surface area contributed by atoms with E-state index in [-0.39, 0.29) is 10.6 Å². The van der Waals surface area contributed by atoms with E-state index in [1.165, 1.54) is 71.6 Å². The third-order valence-electron chi connectivity index (χ3n) is 11.9. The van der Waals surface area contributed by atoms with E-state index in [4.69, 9.17) is 4.74 Å². The van der Waals surface area contributed by atoms with Crippen LogP contribution in [0.2, 0.25) is 31.2 Å². The predicted octanol–water partition coefficient (Wildman–Crippen LogP) is 12.0. The second-order valence-electron chi connectivity index (χ2n) is 16.5. The molecular weight excluding hydrogens is 637 g/mol. The molecule has 50 heavy (non-hydrogen) atoms. The fourth-order valence-corrected chi connectivity index (χ4v) is 13.9. The van der Waals surface area contributed by atoms with Gasteiger partial charge in [0.15, 0.2) is 0 Å². The highest BCUT2D eigenvalue weighted by atomic mass is 28.3. The molecule has 1 aliphatic carbocycles. The highest BCUT2D eigenvalue weighted by Crippen LogP contribution is 2.51. The Hall–Kier alpha value is -3.93. The zero-order chi connectivity index (χ0) is 36.0. The van der Waals surface area contributed by atoms with Crippen molar-refractivity contribution in [3.8, 4) is 39.1 Å². The van der Waals surface area contributed by atoms with Gasteiger partial charge in [-0.25, -0.2) is 0 Å². The molecule has 0 spiro atoms. The zero-order valence-corrected chi connectivity index (χ0v) is 34.1. The second-order valence-corrected chi connectivity index (χ2v) is 26.4. The molecule has 1 nitrogen and oxygen atoms in total. The summed E-state index contributed by atoms with van der Waals surface area (Å²) in [4.78, 5) is 0. The lowest BCUT2D eigenvalue weighted by Gasteiger charge is -2.41. The van der Waals surface area contributed by atoms with E-state index >= 15 is 0 Å².